The molecule has 0 atom stereocenters. The van der Waals surface area contributed by atoms with Crippen LogP contribution >= 0.6 is 10.0 Å². The Hall–Kier alpha value is -0.380. The van der Waals surface area contributed by atoms with Crippen LogP contribution in [-0.2, 0) is 4.74 Å². The van der Waals surface area contributed by atoms with E-state index in [0.29, 0.717) is 6.61 Å². The number of hydrogen-bond acceptors (Lipinski definition) is 2. The van der Waals surface area contributed by atoms with Gasteiger partial charge >= 0.3 is 6.18 Å². The van der Waals surface area contributed by atoms with Crippen LogP contribution in [0.1, 0.15) is 70.6 Å². The van der Waals surface area contributed by atoms with E-state index < -0.39 is 22.6 Å². The molecule has 0 aliphatic carbocycles. The number of rotatable bonds is 15. The minimum atomic E-state index is -4.07. The van der Waals surface area contributed by atoms with Crippen molar-refractivity contribution in [2.75, 3.05) is 38.1 Å². The molecule has 0 heterocycles. The Bertz CT molecular complexity index is 387. The van der Waals surface area contributed by atoms with E-state index in [0.717, 1.165) is 38.7 Å². The molecule has 0 aromatic carbocycles. The minimum Gasteiger partial charge on any atom is -0.396 e. The Morgan fingerprint density at radius 1 is 0.846 bits per heavy atom. The summed E-state index contributed by atoms with van der Waals surface area (Å²) in [6.45, 7) is 1.64. The zero-order valence-electron chi connectivity index (χ0n) is 16.5. The third-order valence-corrected chi connectivity index (χ3v) is 5.95. The number of aliphatic hydroxyl groups excluding tert-OH is 1. The first-order valence-electron chi connectivity index (χ1n) is 9.73. The molecule has 0 radical (unpaired) electrons. The van der Waals surface area contributed by atoms with Gasteiger partial charge in [-0.15, -0.1) is 0 Å². The number of hydrogen-bond donors (Lipinski definition) is 1. The van der Waals surface area contributed by atoms with Gasteiger partial charge in [0.05, 0.1) is 6.42 Å². The number of aliphatic hydroxyl groups is 1. The summed E-state index contributed by atoms with van der Waals surface area (Å²) in [6, 6.07) is 0. The molecule has 1 N–H and O–H groups in total. The fourth-order valence-corrected chi connectivity index (χ4v) is 3.75. The maximum absolute atomic E-state index is 12.3. The molecule has 0 saturated heterocycles. The van der Waals surface area contributed by atoms with E-state index in [1.807, 2.05) is 12.5 Å². The maximum atomic E-state index is 12.3. The Balaban J connectivity index is 3.43. The van der Waals surface area contributed by atoms with Crippen LogP contribution in [0.25, 0.3) is 0 Å². The predicted molar refractivity (Wildman–Crippen MR) is 107 cm³/mol. The van der Waals surface area contributed by atoms with E-state index in [-0.39, 0.29) is 12.4 Å². The summed E-state index contributed by atoms with van der Waals surface area (Å²) in [6.07, 6.45) is 9.86. The third kappa shape index (κ3) is 19.9. The predicted octanol–water partition coefficient (Wildman–Crippen LogP) is 5.87. The lowest BCUT2D eigenvalue weighted by atomic mass is 10.1. The fourth-order valence-electron chi connectivity index (χ4n) is 2.42. The van der Waals surface area contributed by atoms with Gasteiger partial charge in [-0.05, 0) is 37.5 Å². The first-order valence-corrected chi connectivity index (χ1v) is 12.3. The van der Waals surface area contributed by atoms with Gasteiger partial charge in [0.25, 0.3) is 0 Å². The van der Waals surface area contributed by atoms with Gasteiger partial charge in [-0.25, -0.2) is 0 Å². The standard InChI is InChI=1S/C20H37F3O2S/c1-26(2,19-14-20(21,22)23)18-12-10-8-6-4-3-5-7-9-11-16-25-17-13-15-24/h24H,3-11,13-17,19H2,1-2H3. The highest BCUT2D eigenvalue weighted by Crippen LogP contribution is 2.41. The van der Waals surface area contributed by atoms with Gasteiger partial charge in [0.2, 0.25) is 0 Å². The Morgan fingerprint density at radius 3 is 1.96 bits per heavy atom. The van der Waals surface area contributed by atoms with Crippen LogP contribution in [0, 0.1) is 11.2 Å². The van der Waals surface area contributed by atoms with Gasteiger partial charge in [-0.3, -0.25) is 0 Å². The summed E-state index contributed by atoms with van der Waals surface area (Å²) in [4.78, 5) is 0. The number of unbranched alkanes of at least 4 members (excludes halogenated alkanes) is 8. The Morgan fingerprint density at radius 2 is 1.38 bits per heavy atom. The molecule has 0 fully saturated rings. The summed E-state index contributed by atoms with van der Waals surface area (Å²) in [7, 11) is -1.44. The SMILES string of the molecule is CS(C)(C#CCCCCCCCCCCOCCCO)CCC(F)(F)F. The van der Waals surface area contributed by atoms with E-state index >= 15 is 0 Å². The lowest BCUT2D eigenvalue weighted by Crippen LogP contribution is -2.12. The van der Waals surface area contributed by atoms with Crippen molar-refractivity contribution in [3.63, 3.8) is 0 Å². The topological polar surface area (TPSA) is 29.5 Å². The lowest BCUT2D eigenvalue weighted by Gasteiger charge is -2.24. The molecule has 0 bridgehead atoms. The van der Waals surface area contributed by atoms with Crippen molar-refractivity contribution in [3.05, 3.63) is 0 Å². The molecular weight excluding hydrogens is 361 g/mol. The second kappa shape index (κ2) is 15.7. The number of alkyl halides is 3. The van der Waals surface area contributed by atoms with E-state index in [1.54, 1.807) is 0 Å². The molecule has 0 aliphatic rings. The van der Waals surface area contributed by atoms with Gasteiger partial charge in [0.15, 0.2) is 0 Å². The van der Waals surface area contributed by atoms with Crippen molar-refractivity contribution >= 4 is 10.0 Å². The van der Waals surface area contributed by atoms with E-state index in [9.17, 15) is 13.2 Å². The highest BCUT2D eigenvalue weighted by molar-refractivity contribution is 8.36. The largest absolute Gasteiger partial charge is 0.396 e. The average molecular weight is 399 g/mol. The summed E-state index contributed by atoms with van der Waals surface area (Å²) in [5.41, 5.74) is 0. The smallest absolute Gasteiger partial charge is 0.389 e. The van der Waals surface area contributed by atoms with Crippen LogP contribution in [-0.4, -0.2) is 49.4 Å². The van der Waals surface area contributed by atoms with Crippen molar-refractivity contribution in [2.24, 2.45) is 0 Å². The maximum Gasteiger partial charge on any atom is 0.389 e. The molecule has 6 heteroatoms. The average Bonchev–Trinajstić information content (AvgIpc) is 2.56. The molecule has 0 saturated carbocycles. The van der Waals surface area contributed by atoms with Crippen LogP contribution in [0.3, 0.4) is 0 Å². The van der Waals surface area contributed by atoms with Crippen LogP contribution in [0.15, 0.2) is 0 Å². The van der Waals surface area contributed by atoms with Crippen molar-refractivity contribution in [3.8, 4) is 11.2 Å². The highest BCUT2D eigenvalue weighted by Gasteiger charge is 2.28. The van der Waals surface area contributed by atoms with E-state index in [4.69, 9.17) is 9.84 Å². The summed E-state index contributed by atoms with van der Waals surface area (Å²) in [5.74, 6) is 3.24. The zero-order valence-corrected chi connectivity index (χ0v) is 17.3. The molecule has 0 unspecified atom stereocenters. The van der Waals surface area contributed by atoms with Gasteiger partial charge in [0, 0.05) is 26.2 Å². The van der Waals surface area contributed by atoms with Crippen molar-refractivity contribution < 1.29 is 23.0 Å². The minimum absolute atomic E-state index is 0.149. The van der Waals surface area contributed by atoms with Crippen molar-refractivity contribution in [2.45, 2.75) is 76.8 Å². The molecule has 26 heavy (non-hydrogen) atoms. The first-order chi connectivity index (χ1) is 12.3. The van der Waals surface area contributed by atoms with E-state index in [1.165, 1.54) is 32.1 Å². The molecule has 0 aromatic heterocycles. The molecule has 0 aliphatic heterocycles. The van der Waals surface area contributed by atoms with Gasteiger partial charge in [0.1, 0.15) is 0 Å². The molecule has 2 nitrogen and oxygen atoms in total. The van der Waals surface area contributed by atoms with Crippen molar-refractivity contribution in [1.29, 1.82) is 0 Å². The number of halogens is 3. The monoisotopic (exact) mass is 398 g/mol. The van der Waals surface area contributed by atoms with Gasteiger partial charge < -0.3 is 9.84 Å². The molecular formula is C20H37F3O2S. The molecule has 156 valence electrons. The summed E-state index contributed by atoms with van der Waals surface area (Å²) < 4.78 is 42.2. The lowest BCUT2D eigenvalue weighted by molar-refractivity contribution is -0.129. The molecule has 0 amide bonds. The first kappa shape index (κ1) is 25.6. The molecule has 0 spiro atoms. The van der Waals surface area contributed by atoms with Gasteiger partial charge in [-0.2, -0.15) is 23.2 Å². The quantitative estimate of drug-likeness (QED) is 0.276. The number of ether oxygens (including phenoxy) is 1. The zero-order chi connectivity index (χ0) is 19.7. The van der Waals surface area contributed by atoms with Crippen molar-refractivity contribution in [1.82, 2.24) is 0 Å². The molecule has 0 rings (SSSR count). The fraction of sp³-hybridized carbons (Fsp3) is 0.900. The Kier molecular flexibility index (Phi) is 15.4. The van der Waals surface area contributed by atoms with Crippen LogP contribution in [0.5, 0.6) is 0 Å². The van der Waals surface area contributed by atoms with Crippen LogP contribution in [0.4, 0.5) is 13.2 Å². The molecule has 0 aromatic rings. The second-order valence-corrected chi connectivity index (χ2v) is 10.8. The van der Waals surface area contributed by atoms with Gasteiger partial charge in [-0.1, -0.05) is 49.7 Å². The normalized spacial score (nSPS) is 12.7. The third-order valence-electron chi connectivity index (χ3n) is 4.03. The highest BCUT2D eigenvalue weighted by atomic mass is 32.3. The van der Waals surface area contributed by atoms with Crippen LogP contribution < -0.4 is 0 Å². The van der Waals surface area contributed by atoms with Crippen LogP contribution in [0.2, 0.25) is 0 Å². The van der Waals surface area contributed by atoms with E-state index in [2.05, 4.69) is 11.2 Å². The Labute approximate surface area is 159 Å². The summed E-state index contributed by atoms with van der Waals surface area (Å²) in [5, 5.41) is 11.7. The second-order valence-electron chi connectivity index (χ2n) is 7.15. The summed E-state index contributed by atoms with van der Waals surface area (Å²) >= 11 is 0.